The van der Waals surface area contributed by atoms with Crippen molar-refractivity contribution in [2.24, 2.45) is 10.7 Å². The van der Waals surface area contributed by atoms with Crippen LogP contribution in [0.1, 0.15) is 44.1 Å². The van der Waals surface area contributed by atoms with Crippen LogP contribution in [-0.4, -0.2) is 32.3 Å². The van der Waals surface area contributed by atoms with Crippen molar-refractivity contribution in [1.82, 2.24) is 5.32 Å². The molecule has 0 unspecified atom stereocenters. The number of hydrogen-bond donors (Lipinski definition) is 2. The minimum Gasteiger partial charge on any atom is -0.497 e. The maximum Gasteiger partial charge on any atom is 0.188 e. The van der Waals surface area contributed by atoms with Gasteiger partial charge in [-0.1, -0.05) is 31.4 Å². The standard InChI is InChI=1S/C18H29N3O2.HI/c1-22-17-10-8-15(9-11-17)14-23-13-5-12-20-18(19)21-16-6-3-2-4-7-16;/h8-11,16H,2-7,12-14H2,1H3,(H3,19,20,21);1H. The van der Waals surface area contributed by atoms with Crippen molar-refractivity contribution in [2.75, 3.05) is 20.3 Å². The normalized spacial score (nSPS) is 15.6. The Morgan fingerprint density at radius 3 is 2.58 bits per heavy atom. The fraction of sp³-hybridized carbons (Fsp3) is 0.611. The largest absolute Gasteiger partial charge is 0.497 e. The minimum absolute atomic E-state index is 0. The summed E-state index contributed by atoms with van der Waals surface area (Å²) in [6.45, 7) is 2.00. The quantitative estimate of drug-likeness (QED) is 0.277. The molecule has 1 fully saturated rings. The second-order valence-electron chi connectivity index (χ2n) is 6.00. The first-order valence-electron chi connectivity index (χ1n) is 8.55. The number of benzene rings is 1. The lowest BCUT2D eigenvalue weighted by molar-refractivity contribution is 0.120. The molecule has 0 radical (unpaired) electrons. The van der Waals surface area contributed by atoms with E-state index in [1.165, 1.54) is 32.1 Å². The van der Waals surface area contributed by atoms with Crippen molar-refractivity contribution < 1.29 is 9.47 Å². The van der Waals surface area contributed by atoms with Gasteiger partial charge in [0.25, 0.3) is 0 Å². The lowest BCUT2D eigenvalue weighted by Gasteiger charge is -2.23. The number of hydrogen-bond acceptors (Lipinski definition) is 3. The van der Waals surface area contributed by atoms with E-state index in [-0.39, 0.29) is 24.0 Å². The monoisotopic (exact) mass is 447 g/mol. The molecule has 0 heterocycles. The van der Waals surface area contributed by atoms with Gasteiger partial charge >= 0.3 is 0 Å². The van der Waals surface area contributed by atoms with Crippen LogP contribution in [0.2, 0.25) is 0 Å². The molecule has 3 N–H and O–H groups in total. The molecule has 1 aliphatic rings. The Balaban J connectivity index is 0.00000288. The zero-order valence-electron chi connectivity index (χ0n) is 14.5. The highest BCUT2D eigenvalue weighted by atomic mass is 127. The van der Waals surface area contributed by atoms with Gasteiger partial charge in [-0.15, -0.1) is 24.0 Å². The predicted molar refractivity (Wildman–Crippen MR) is 109 cm³/mol. The van der Waals surface area contributed by atoms with E-state index in [2.05, 4.69) is 10.3 Å². The third-order valence-electron chi connectivity index (χ3n) is 4.11. The van der Waals surface area contributed by atoms with Crippen LogP contribution in [-0.2, 0) is 11.3 Å². The minimum atomic E-state index is 0. The molecule has 1 aliphatic carbocycles. The van der Waals surface area contributed by atoms with Crippen LogP contribution in [0.15, 0.2) is 29.3 Å². The van der Waals surface area contributed by atoms with Crippen LogP contribution >= 0.6 is 24.0 Å². The molecular formula is C18H30IN3O2. The topological polar surface area (TPSA) is 68.9 Å². The molecule has 1 aromatic carbocycles. The van der Waals surface area contributed by atoms with Gasteiger partial charge in [0.1, 0.15) is 5.75 Å². The number of aliphatic imine (C=N–C) groups is 1. The maximum atomic E-state index is 5.92. The molecular weight excluding hydrogens is 417 g/mol. The molecule has 136 valence electrons. The SMILES string of the molecule is COc1ccc(COCCCN=C(N)NC2CCCCC2)cc1.I. The Morgan fingerprint density at radius 2 is 1.92 bits per heavy atom. The Kier molecular flexibility index (Phi) is 10.8. The zero-order chi connectivity index (χ0) is 16.3. The number of nitrogens with two attached hydrogens (primary N) is 1. The Labute approximate surface area is 162 Å². The molecule has 0 bridgehead atoms. The molecule has 0 saturated heterocycles. The van der Waals surface area contributed by atoms with Crippen molar-refractivity contribution in [2.45, 2.75) is 51.2 Å². The first-order valence-corrected chi connectivity index (χ1v) is 8.55. The van der Waals surface area contributed by atoms with E-state index < -0.39 is 0 Å². The molecule has 6 heteroatoms. The van der Waals surface area contributed by atoms with Crippen LogP contribution in [0.25, 0.3) is 0 Å². The zero-order valence-corrected chi connectivity index (χ0v) is 16.8. The van der Waals surface area contributed by atoms with Crippen LogP contribution in [0.4, 0.5) is 0 Å². The van der Waals surface area contributed by atoms with E-state index >= 15 is 0 Å². The smallest absolute Gasteiger partial charge is 0.188 e. The van der Waals surface area contributed by atoms with Gasteiger partial charge in [0.2, 0.25) is 0 Å². The van der Waals surface area contributed by atoms with Gasteiger partial charge in [-0.05, 0) is 37.0 Å². The van der Waals surface area contributed by atoms with Crippen LogP contribution < -0.4 is 15.8 Å². The average molecular weight is 447 g/mol. The van der Waals surface area contributed by atoms with Crippen molar-refractivity contribution in [1.29, 1.82) is 0 Å². The third-order valence-corrected chi connectivity index (χ3v) is 4.11. The molecule has 1 aromatic rings. The summed E-state index contributed by atoms with van der Waals surface area (Å²) in [4.78, 5) is 4.37. The fourth-order valence-corrected chi connectivity index (χ4v) is 2.78. The van der Waals surface area contributed by atoms with Gasteiger partial charge in [0.15, 0.2) is 5.96 Å². The molecule has 24 heavy (non-hydrogen) atoms. The van der Waals surface area contributed by atoms with Crippen LogP contribution in [0.3, 0.4) is 0 Å². The second-order valence-corrected chi connectivity index (χ2v) is 6.00. The molecule has 0 aliphatic heterocycles. The Morgan fingerprint density at radius 1 is 1.21 bits per heavy atom. The number of ether oxygens (including phenoxy) is 2. The van der Waals surface area contributed by atoms with Gasteiger partial charge in [-0.3, -0.25) is 4.99 Å². The molecule has 1 saturated carbocycles. The fourth-order valence-electron chi connectivity index (χ4n) is 2.78. The van der Waals surface area contributed by atoms with Gasteiger partial charge in [-0.25, -0.2) is 0 Å². The number of nitrogens with one attached hydrogen (secondary N) is 1. The van der Waals surface area contributed by atoms with Gasteiger partial charge < -0.3 is 20.5 Å². The van der Waals surface area contributed by atoms with Crippen LogP contribution in [0, 0.1) is 0 Å². The molecule has 0 atom stereocenters. The summed E-state index contributed by atoms with van der Waals surface area (Å²) in [6.07, 6.45) is 7.24. The highest BCUT2D eigenvalue weighted by molar-refractivity contribution is 14.0. The molecule has 0 aromatic heterocycles. The molecule has 2 rings (SSSR count). The summed E-state index contributed by atoms with van der Waals surface area (Å²) in [7, 11) is 1.67. The van der Waals surface area contributed by atoms with E-state index in [0.29, 0.717) is 31.8 Å². The summed E-state index contributed by atoms with van der Waals surface area (Å²) in [5, 5.41) is 3.32. The summed E-state index contributed by atoms with van der Waals surface area (Å²) in [6, 6.07) is 8.44. The molecule has 0 amide bonds. The number of guanidine groups is 1. The molecule has 0 spiro atoms. The number of rotatable bonds is 8. The Bertz CT molecular complexity index is 474. The van der Waals surface area contributed by atoms with Gasteiger partial charge in [0.05, 0.1) is 13.7 Å². The summed E-state index contributed by atoms with van der Waals surface area (Å²) < 4.78 is 10.8. The summed E-state index contributed by atoms with van der Waals surface area (Å²) >= 11 is 0. The summed E-state index contributed by atoms with van der Waals surface area (Å²) in [5.41, 5.74) is 7.07. The first-order chi connectivity index (χ1) is 11.3. The van der Waals surface area contributed by atoms with Crippen molar-refractivity contribution in [3.63, 3.8) is 0 Å². The summed E-state index contributed by atoms with van der Waals surface area (Å²) in [5.74, 6) is 1.44. The van der Waals surface area contributed by atoms with E-state index in [0.717, 1.165) is 17.7 Å². The van der Waals surface area contributed by atoms with E-state index in [4.69, 9.17) is 15.2 Å². The third kappa shape index (κ3) is 8.19. The van der Waals surface area contributed by atoms with Crippen molar-refractivity contribution in [3.05, 3.63) is 29.8 Å². The molecule has 5 nitrogen and oxygen atoms in total. The van der Waals surface area contributed by atoms with Crippen molar-refractivity contribution in [3.8, 4) is 5.75 Å². The van der Waals surface area contributed by atoms with Crippen molar-refractivity contribution >= 4 is 29.9 Å². The van der Waals surface area contributed by atoms with E-state index in [1.807, 2.05) is 24.3 Å². The second kappa shape index (κ2) is 12.4. The number of methoxy groups -OCH3 is 1. The van der Waals surface area contributed by atoms with Gasteiger partial charge in [0, 0.05) is 19.2 Å². The van der Waals surface area contributed by atoms with E-state index in [9.17, 15) is 0 Å². The Hall–Kier alpha value is -1.02. The lowest BCUT2D eigenvalue weighted by Crippen LogP contribution is -2.41. The maximum absolute atomic E-state index is 5.92. The lowest BCUT2D eigenvalue weighted by atomic mass is 9.96. The highest BCUT2D eigenvalue weighted by Gasteiger charge is 2.12. The van der Waals surface area contributed by atoms with Crippen LogP contribution in [0.5, 0.6) is 5.75 Å². The predicted octanol–water partition coefficient (Wildman–Crippen LogP) is 3.46. The average Bonchev–Trinajstić information content (AvgIpc) is 2.59. The first kappa shape index (κ1) is 21.0. The van der Waals surface area contributed by atoms with E-state index in [1.54, 1.807) is 7.11 Å². The number of halogens is 1. The van der Waals surface area contributed by atoms with Gasteiger partial charge in [-0.2, -0.15) is 0 Å². The highest BCUT2D eigenvalue weighted by Crippen LogP contribution is 2.17. The number of nitrogens with zero attached hydrogens (tertiary/aromatic N) is 1.